The van der Waals surface area contributed by atoms with Crippen LogP contribution in [0.2, 0.25) is 0 Å². The largest absolute Gasteiger partial charge is 0.370 e. The summed E-state index contributed by atoms with van der Waals surface area (Å²) in [5, 5.41) is 17.2. The van der Waals surface area contributed by atoms with Gasteiger partial charge in [0, 0.05) is 65.7 Å². The summed E-state index contributed by atoms with van der Waals surface area (Å²) in [6.45, 7) is 0.256. The molecule has 1 aliphatic rings. The van der Waals surface area contributed by atoms with Crippen LogP contribution in [-0.2, 0) is 57.6 Å². The number of likely N-dealkylation sites (tertiary alicyclic amines) is 1. The van der Waals surface area contributed by atoms with E-state index in [2.05, 4.69) is 46.5 Å². The predicted molar refractivity (Wildman–Crippen MR) is 279 cm³/mol. The molecule has 25 heteroatoms. The molecular formula is C49H64N16O8S. The van der Waals surface area contributed by atoms with E-state index in [1.165, 1.54) is 16.2 Å². The summed E-state index contributed by atoms with van der Waals surface area (Å²) in [6, 6.07) is 12.8. The number of guanidine groups is 2. The molecule has 6 atom stereocenters. The maximum absolute atomic E-state index is 14.8. The summed E-state index contributed by atoms with van der Waals surface area (Å²) in [5.74, 6) is -6.36. The van der Waals surface area contributed by atoms with E-state index in [0.29, 0.717) is 12.1 Å². The molecule has 3 aromatic heterocycles. The highest BCUT2D eigenvalue weighted by atomic mass is 32.1. The van der Waals surface area contributed by atoms with E-state index in [4.69, 9.17) is 34.4 Å². The highest BCUT2D eigenvalue weighted by Gasteiger charge is 2.40. The second kappa shape index (κ2) is 26.3. The number of para-hydroxylation sites is 2. The minimum atomic E-state index is -1.48. The standard InChI is InChI=1S/C49H64N16O8S/c50-40(66)25-36(42(51)68)63-43(69)34(14-5-17-56-48(52)53)61-46(72)39-16-7-19-65(39)47(73)35(15-6-18-57-49(54)55)62-45(71)38(23-29-21-27-9-1-3-12-32(27)59-29)64-44(70)37(60-41(67)24-30-10-8-20-74-30)22-28-26-58-33-13-4-2-11-31(28)33/h1-4,8-13,20-21,26,34-39,58-59H,5-7,14-19,22-25H2,(H2,50,66)(H2,51,68)(H,60,67)(H,61,72)(H,62,71)(H,63,69)(H,64,70)(H4,52,53,56)(H4,54,55,57)/t34-,35-,36-,37-,38-,39-/m0/s1. The van der Waals surface area contributed by atoms with E-state index in [1.54, 1.807) is 6.20 Å². The number of aromatic nitrogens is 2. The van der Waals surface area contributed by atoms with E-state index in [1.807, 2.05) is 72.1 Å². The van der Waals surface area contributed by atoms with Crippen LogP contribution in [0.3, 0.4) is 0 Å². The zero-order chi connectivity index (χ0) is 53.3. The second-order valence-electron chi connectivity index (χ2n) is 17.9. The third kappa shape index (κ3) is 15.8. The molecule has 2 aromatic carbocycles. The first kappa shape index (κ1) is 54.8. The first-order valence-electron chi connectivity index (χ1n) is 24.1. The minimum Gasteiger partial charge on any atom is -0.370 e. The van der Waals surface area contributed by atoms with Crippen LogP contribution in [0.1, 0.15) is 61.1 Å². The van der Waals surface area contributed by atoms with Gasteiger partial charge in [0.1, 0.15) is 36.3 Å². The zero-order valence-corrected chi connectivity index (χ0v) is 41.5. The molecule has 0 saturated carbocycles. The Hall–Kier alpha value is -8.48. The predicted octanol–water partition coefficient (Wildman–Crippen LogP) is -1.38. The van der Waals surface area contributed by atoms with E-state index in [9.17, 15) is 38.4 Å². The molecule has 0 bridgehead atoms. The fraction of sp³-hybridized carbons (Fsp3) is 0.388. The number of nitrogens with one attached hydrogen (secondary N) is 7. The lowest BCUT2D eigenvalue weighted by Crippen LogP contribution is -2.60. The van der Waals surface area contributed by atoms with Crippen molar-refractivity contribution in [2.24, 2.45) is 44.4 Å². The van der Waals surface area contributed by atoms with Crippen molar-refractivity contribution in [3.05, 3.63) is 94.4 Å². The van der Waals surface area contributed by atoms with Gasteiger partial charge in [0.15, 0.2) is 11.9 Å². The molecule has 394 valence electrons. The van der Waals surface area contributed by atoms with E-state index in [-0.39, 0.29) is 82.9 Å². The van der Waals surface area contributed by atoms with Crippen LogP contribution in [0.25, 0.3) is 21.8 Å². The summed E-state index contributed by atoms with van der Waals surface area (Å²) < 4.78 is 0. The maximum atomic E-state index is 14.8. The van der Waals surface area contributed by atoms with Crippen LogP contribution in [0.4, 0.5) is 0 Å². The van der Waals surface area contributed by atoms with Crippen LogP contribution in [0.5, 0.6) is 0 Å². The SMILES string of the molecule is NC(=O)C[C@H](NC(=O)[C@H](CCCN=C(N)N)NC(=O)[C@@H]1CCCN1C(=O)[C@H](CCCN=C(N)N)NC(=O)[C@H](Cc1cc2ccccc2[nH]1)NC(=O)[C@H](Cc1c[nH]c2ccccc12)NC(=O)Cc1cccs1)C(N)=O. The van der Waals surface area contributed by atoms with Gasteiger partial charge in [-0.3, -0.25) is 48.3 Å². The van der Waals surface area contributed by atoms with Crippen molar-refractivity contribution < 1.29 is 38.4 Å². The molecule has 5 aromatic rings. The van der Waals surface area contributed by atoms with Crippen molar-refractivity contribution in [1.29, 1.82) is 0 Å². The van der Waals surface area contributed by atoms with Gasteiger partial charge in [-0.1, -0.05) is 42.5 Å². The summed E-state index contributed by atoms with van der Waals surface area (Å²) in [4.78, 5) is 126. The third-order valence-corrected chi connectivity index (χ3v) is 13.2. The van der Waals surface area contributed by atoms with Gasteiger partial charge in [-0.2, -0.15) is 0 Å². The number of hydrogen-bond acceptors (Lipinski definition) is 11. The molecule has 4 heterocycles. The third-order valence-electron chi connectivity index (χ3n) is 12.4. The van der Waals surface area contributed by atoms with Crippen LogP contribution >= 0.6 is 11.3 Å². The Balaban J connectivity index is 1.27. The molecule has 74 heavy (non-hydrogen) atoms. The number of primary amides is 2. The Morgan fingerprint density at radius 3 is 1.96 bits per heavy atom. The molecule has 8 amide bonds. The van der Waals surface area contributed by atoms with Crippen LogP contribution < -0.4 is 61.0 Å². The number of H-pyrrole nitrogens is 2. The molecule has 0 aliphatic carbocycles. The van der Waals surface area contributed by atoms with Crippen molar-refractivity contribution in [2.75, 3.05) is 19.6 Å². The molecule has 0 spiro atoms. The lowest BCUT2D eigenvalue weighted by Gasteiger charge is -2.31. The van der Waals surface area contributed by atoms with Gasteiger partial charge in [-0.05, 0) is 79.1 Å². The number of fused-ring (bicyclic) bond motifs is 2. The number of nitrogens with zero attached hydrogens (tertiary/aromatic N) is 3. The Morgan fingerprint density at radius 1 is 0.689 bits per heavy atom. The molecule has 1 fully saturated rings. The normalized spacial score (nSPS) is 15.2. The van der Waals surface area contributed by atoms with Crippen molar-refractivity contribution in [1.82, 2.24) is 41.5 Å². The number of benzene rings is 2. The number of amides is 8. The average molecular weight is 1040 g/mol. The fourth-order valence-electron chi connectivity index (χ4n) is 8.76. The van der Waals surface area contributed by atoms with Gasteiger partial charge in [-0.15, -0.1) is 11.3 Å². The minimum absolute atomic E-state index is 0.00853. The molecule has 1 aliphatic heterocycles. The van der Waals surface area contributed by atoms with Gasteiger partial charge in [0.05, 0.1) is 12.8 Å². The molecule has 19 N–H and O–H groups in total. The summed E-state index contributed by atoms with van der Waals surface area (Å²) in [5.41, 5.74) is 35.8. The number of carbonyl (C=O) groups excluding carboxylic acids is 8. The average Bonchev–Trinajstić information content (AvgIpc) is 4.20. The quantitative estimate of drug-likeness (QED) is 0.0165. The Morgan fingerprint density at radius 2 is 1.31 bits per heavy atom. The monoisotopic (exact) mass is 1040 g/mol. The molecule has 6 rings (SSSR count). The van der Waals surface area contributed by atoms with Gasteiger partial charge in [0.25, 0.3) is 0 Å². The number of thiophene rings is 1. The second-order valence-corrected chi connectivity index (χ2v) is 19.0. The van der Waals surface area contributed by atoms with Gasteiger partial charge < -0.3 is 75.9 Å². The van der Waals surface area contributed by atoms with Crippen molar-refractivity contribution >= 4 is 92.3 Å². The molecular weight excluding hydrogens is 973 g/mol. The molecule has 0 radical (unpaired) electrons. The van der Waals surface area contributed by atoms with Gasteiger partial charge >= 0.3 is 0 Å². The van der Waals surface area contributed by atoms with E-state index in [0.717, 1.165) is 32.2 Å². The van der Waals surface area contributed by atoms with Crippen LogP contribution in [-0.4, -0.2) is 130 Å². The fourth-order valence-corrected chi connectivity index (χ4v) is 9.47. The van der Waals surface area contributed by atoms with Crippen molar-refractivity contribution in [2.45, 2.75) is 100 Å². The Labute approximate surface area is 429 Å². The smallest absolute Gasteiger partial charge is 0.245 e. The highest BCUT2D eigenvalue weighted by molar-refractivity contribution is 7.10. The number of rotatable bonds is 27. The number of aromatic amines is 2. The zero-order valence-electron chi connectivity index (χ0n) is 40.6. The highest BCUT2D eigenvalue weighted by Crippen LogP contribution is 2.23. The van der Waals surface area contributed by atoms with Gasteiger partial charge in [-0.25, -0.2) is 0 Å². The number of carbonyl (C=O) groups is 8. The maximum Gasteiger partial charge on any atom is 0.245 e. The molecule has 24 nitrogen and oxygen atoms in total. The van der Waals surface area contributed by atoms with Crippen LogP contribution in [0.15, 0.2) is 88.3 Å². The number of nitrogens with two attached hydrogens (primary N) is 6. The number of hydrogen-bond donors (Lipinski definition) is 13. The lowest BCUT2D eigenvalue weighted by molar-refractivity contribution is -0.142. The van der Waals surface area contributed by atoms with Crippen LogP contribution in [0, 0.1) is 0 Å². The molecule has 0 unspecified atom stereocenters. The van der Waals surface area contributed by atoms with E-state index >= 15 is 0 Å². The van der Waals surface area contributed by atoms with Crippen molar-refractivity contribution in [3.8, 4) is 0 Å². The topological polar surface area (TPSA) is 412 Å². The van der Waals surface area contributed by atoms with Crippen molar-refractivity contribution in [3.63, 3.8) is 0 Å². The molecule has 1 saturated heterocycles. The summed E-state index contributed by atoms with van der Waals surface area (Å²) in [7, 11) is 0. The number of aliphatic imine (C=N–C) groups is 2. The van der Waals surface area contributed by atoms with Gasteiger partial charge in [0.2, 0.25) is 47.3 Å². The Kier molecular flexibility index (Phi) is 19.5. The first-order chi connectivity index (χ1) is 35.4. The Bertz CT molecular complexity index is 2820. The lowest BCUT2D eigenvalue weighted by atomic mass is 10.0. The summed E-state index contributed by atoms with van der Waals surface area (Å²) >= 11 is 1.40. The van der Waals surface area contributed by atoms with E-state index < -0.39 is 89.9 Å². The first-order valence-corrected chi connectivity index (χ1v) is 25.0. The summed E-state index contributed by atoms with van der Waals surface area (Å²) in [6.07, 6.45) is 2.08.